The number of aromatic nitrogens is 4. The number of rotatable bonds is 6. The van der Waals surface area contributed by atoms with Crippen LogP contribution >= 0.6 is 0 Å². The van der Waals surface area contributed by atoms with Crippen LogP contribution in [0.4, 0.5) is 11.7 Å². The number of carbonyl (C=O) groups excluding carboxylic acids is 1. The fourth-order valence-corrected chi connectivity index (χ4v) is 3.67. The number of nitrogens with zero attached hydrogens (tertiary/aromatic N) is 5. The lowest BCUT2D eigenvalue weighted by atomic mass is 10.1. The van der Waals surface area contributed by atoms with Gasteiger partial charge in [-0.05, 0) is 31.7 Å². The Balaban J connectivity index is 1.51. The highest BCUT2D eigenvalue weighted by atomic mass is 16.5. The molecule has 3 N–H and O–H groups in total. The Morgan fingerprint density at radius 2 is 2.10 bits per heavy atom. The van der Waals surface area contributed by atoms with Crippen LogP contribution < -0.4 is 16.0 Å². The van der Waals surface area contributed by atoms with Crippen LogP contribution in [0.3, 0.4) is 0 Å². The Morgan fingerprint density at radius 1 is 1.31 bits per heavy atom. The van der Waals surface area contributed by atoms with Crippen LogP contribution in [0, 0.1) is 5.92 Å². The fraction of sp³-hybridized carbons (Fsp3) is 0.474. The number of nitrogens with one attached hydrogen (secondary N) is 1. The normalized spacial score (nSPS) is 18.2. The largest absolute Gasteiger partial charge is 0.403 e. The SMILES string of the molecule is C[C@@H](Nc1c(C(N)=O)cnn2cc(-c3nnc(N4CCOCC4)o3)cc12)C1CC1. The van der Waals surface area contributed by atoms with Crippen molar-refractivity contribution in [1.82, 2.24) is 19.8 Å². The van der Waals surface area contributed by atoms with Crippen LogP contribution in [0.1, 0.15) is 30.1 Å². The number of anilines is 2. The molecule has 4 heterocycles. The summed E-state index contributed by atoms with van der Waals surface area (Å²) in [5, 5.41) is 16.2. The molecule has 1 aliphatic carbocycles. The summed E-state index contributed by atoms with van der Waals surface area (Å²) in [6.45, 7) is 4.84. The van der Waals surface area contributed by atoms with Gasteiger partial charge in [-0.3, -0.25) is 4.79 Å². The van der Waals surface area contributed by atoms with E-state index in [2.05, 4.69) is 27.5 Å². The minimum absolute atomic E-state index is 0.244. The molecule has 10 nitrogen and oxygen atoms in total. The van der Waals surface area contributed by atoms with Gasteiger partial charge in [0.25, 0.3) is 11.8 Å². The first-order valence-corrected chi connectivity index (χ1v) is 9.84. The molecule has 1 amide bonds. The summed E-state index contributed by atoms with van der Waals surface area (Å²) in [6.07, 6.45) is 5.69. The van der Waals surface area contributed by atoms with Crippen molar-refractivity contribution in [3.05, 3.63) is 24.0 Å². The maximum Gasteiger partial charge on any atom is 0.318 e. The third kappa shape index (κ3) is 3.39. The van der Waals surface area contributed by atoms with Gasteiger partial charge >= 0.3 is 6.01 Å². The van der Waals surface area contributed by atoms with Gasteiger partial charge in [0.15, 0.2) is 0 Å². The fourth-order valence-electron chi connectivity index (χ4n) is 3.67. The number of carbonyl (C=O) groups is 1. The molecule has 0 spiro atoms. The monoisotopic (exact) mass is 397 g/mol. The molecule has 0 unspecified atom stereocenters. The van der Waals surface area contributed by atoms with Gasteiger partial charge in [-0.1, -0.05) is 5.10 Å². The quantitative estimate of drug-likeness (QED) is 0.642. The highest BCUT2D eigenvalue weighted by Gasteiger charge is 2.29. The summed E-state index contributed by atoms with van der Waals surface area (Å²) in [4.78, 5) is 14.0. The van der Waals surface area contributed by atoms with Crippen molar-refractivity contribution in [2.45, 2.75) is 25.8 Å². The molecule has 10 heteroatoms. The molecule has 0 radical (unpaired) electrons. The first-order chi connectivity index (χ1) is 14.1. The lowest BCUT2D eigenvalue weighted by Gasteiger charge is -2.24. The van der Waals surface area contributed by atoms with E-state index in [1.807, 2.05) is 17.2 Å². The van der Waals surface area contributed by atoms with E-state index < -0.39 is 5.91 Å². The zero-order valence-corrected chi connectivity index (χ0v) is 16.2. The molecular formula is C19H23N7O3. The van der Waals surface area contributed by atoms with Crippen molar-refractivity contribution < 1.29 is 13.9 Å². The number of amides is 1. The molecule has 2 aliphatic rings. The zero-order valence-electron chi connectivity index (χ0n) is 16.2. The molecule has 5 rings (SSSR count). The van der Waals surface area contributed by atoms with Crippen LogP contribution in [0.15, 0.2) is 22.9 Å². The van der Waals surface area contributed by atoms with Gasteiger partial charge in [0.2, 0.25) is 0 Å². The van der Waals surface area contributed by atoms with Gasteiger partial charge in [0, 0.05) is 25.3 Å². The van der Waals surface area contributed by atoms with Crippen molar-refractivity contribution in [2.75, 3.05) is 36.5 Å². The van der Waals surface area contributed by atoms with Crippen LogP contribution in [-0.4, -0.2) is 58.1 Å². The molecule has 1 saturated heterocycles. The second-order valence-corrected chi connectivity index (χ2v) is 7.62. The molecule has 3 aromatic heterocycles. The molecule has 1 saturated carbocycles. The third-order valence-corrected chi connectivity index (χ3v) is 5.55. The van der Waals surface area contributed by atoms with Crippen molar-refractivity contribution >= 4 is 23.1 Å². The molecule has 1 atom stereocenters. The summed E-state index contributed by atoms with van der Waals surface area (Å²) in [5.41, 5.74) is 8.12. The molecule has 1 aliphatic heterocycles. The summed E-state index contributed by atoms with van der Waals surface area (Å²) in [6, 6.07) is 2.61. The van der Waals surface area contributed by atoms with Crippen LogP contribution in [0.25, 0.3) is 17.0 Å². The van der Waals surface area contributed by atoms with E-state index in [1.165, 1.54) is 19.0 Å². The summed E-state index contributed by atoms with van der Waals surface area (Å²) >= 11 is 0. The average molecular weight is 397 g/mol. The van der Waals surface area contributed by atoms with Crippen molar-refractivity contribution in [3.63, 3.8) is 0 Å². The topological polar surface area (TPSA) is 124 Å². The molecule has 152 valence electrons. The maximum absolute atomic E-state index is 12.0. The Kier molecular flexibility index (Phi) is 4.35. The highest BCUT2D eigenvalue weighted by Crippen LogP contribution is 2.36. The lowest BCUT2D eigenvalue weighted by Crippen LogP contribution is -2.36. The highest BCUT2D eigenvalue weighted by molar-refractivity contribution is 6.02. The summed E-state index contributed by atoms with van der Waals surface area (Å²) < 4.78 is 12.9. The van der Waals surface area contributed by atoms with E-state index in [1.54, 1.807) is 4.52 Å². The van der Waals surface area contributed by atoms with E-state index in [4.69, 9.17) is 14.9 Å². The molecule has 3 aromatic rings. The maximum atomic E-state index is 12.0. The molecule has 2 fully saturated rings. The predicted octanol–water partition coefficient (Wildman–Crippen LogP) is 1.53. The molecular weight excluding hydrogens is 374 g/mol. The first-order valence-electron chi connectivity index (χ1n) is 9.84. The smallest absolute Gasteiger partial charge is 0.318 e. The number of ether oxygens (including phenoxy) is 1. The summed E-state index contributed by atoms with van der Waals surface area (Å²) in [5.74, 6) is 0.504. The van der Waals surface area contributed by atoms with Crippen LogP contribution in [0.5, 0.6) is 0 Å². The van der Waals surface area contributed by atoms with E-state index >= 15 is 0 Å². The molecule has 29 heavy (non-hydrogen) atoms. The molecule has 0 aromatic carbocycles. The first kappa shape index (κ1) is 17.9. The Labute approximate surface area is 167 Å². The van der Waals surface area contributed by atoms with Gasteiger partial charge in [-0.25, -0.2) is 4.52 Å². The Bertz CT molecular complexity index is 1050. The van der Waals surface area contributed by atoms with Gasteiger partial charge in [-0.2, -0.15) is 5.10 Å². The van der Waals surface area contributed by atoms with E-state index in [9.17, 15) is 4.79 Å². The van der Waals surface area contributed by atoms with Crippen LogP contribution in [-0.2, 0) is 4.74 Å². The molecule has 0 bridgehead atoms. The van der Waals surface area contributed by atoms with Crippen molar-refractivity contribution in [1.29, 1.82) is 0 Å². The number of primary amides is 1. The standard InChI is InChI=1S/C19H23N7O3/c1-11(12-2-3-12)22-16-14(17(20)27)9-21-26-10-13(8-15(16)26)18-23-24-19(29-18)25-4-6-28-7-5-25/h8-12,22H,2-7H2,1H3,(H2,20,27)/t11-/m1/s1. The number of morpholine rings is 1. The van der Waals surface area contributed by atoms with Crippen LogP contribution in [0.2, 0.25) is 0 Å². The third-order valence-electron chi connectivity index (χ3n) is 5.55. The second kappa shape index (κ2) is 7.03. The van der Waals surface area contributed by atoms with Gasteiger partial charge in [-0.15, -0.1) is 5.10 Å². The van der Waals surface area contributed by atoms with Crippen molar-refractivity contribution in [3.8, 4) is 11.5 Å². The lowest BCUT2D eigenvalue weighted by molar-refractivity contribution is 0.100. The Morgan fingerprint density at radius 3 is 2.83 bits per heavy atom. The minimum atomic E-state index is -0.513. The van der Waals surface area contributed by atoms with Gasteiger partial charge in [0.05, 0.1) is 41.7 Å². The number of hydrogen-bond donors (Lipinski definition) is 2. The zero-order chi connectivity index (χ0) is 20.0. The van der Waals surface area contributed by atoms with Gasteiger partial charge < -0.3 is 25.1 Å². The van der Waals surface area contributed by atoms with Gasteiger partial charge in [0.1, 0.15) is 0 Å². The number of fused-ring (bicyclic) bond motifs is 1. The number of hydrogen-bond acceptors (Lipinski definition) is 8. The van der Waals surface area contributed by atoms with E-state index in [-0.39, 0.29) is 6.04 Å². The van der Waals surface area contributed by atoms with E-state index in [0.717, 1.165) is 24.2 Å². The number of nitrogens with two attached hydrogens (primary N) is 1. The Hall–Kier alpha value is -3.14. The van der Waals surface area contributed by atoms with E-state index in [0.29, 0.717) is 42.3 Å². The second-order valence-electron chi connectivity index (χ2n) is 7.62. The average Bonchev–Trinajstić information content (AvgIpc) is 3.30. The summed E-state index contributed by atoms with van der Waals surface area (Å²) in [7, 11) is 0. The predicted molar refractivity (Wildman–Crippen MR) is 106 cm³/mol. The minimum Gasteiger partial charge on any atom is -0.403 e. The van der Waals surface area contributed by atoms with Crippen molar-refractivity contribution in [2.24, 2.45) is 11.7 Å².